The fourth-order valence-corrected chi connectivity index (χ4v) is 4.46. The minimum atomic E-state index is -0.508. The van der Waals surface area contributed by atoms with Crippen LogP contribution in [0.15, 0.2) is 58.1 Å². The molecule has 9 nitrogen and oxygen atoms in total. The van der Waals surface area contributed by atoms with E-state index < -0.39 is 5.82 Å². The van der Waals surface area contributed by atoms with Gasteiger partial charge < -0.3 is 14.3 Å². The van der Waals surface area contributed by atoms with E-state index in [0.29, 0.717) is 29.9 Å². The van der Waals surface area contributed by atoms with E-state index >= 15 is 0 Å². The molecule has 0 N–H and O–H groups in total. The Labute approximate surface area is 214 Å². The number of piperazine rings is 1. The molecule has 1 atom stereocenters. The van der Waals surface area contributed by atoms with Gasteiger partial charge in [0.1, 0.15) is 0 Å². The summed E-state index contributed by atoms with van der Waals surface area (Å²) >= 11 is 0. The molecule has 0 radical (unpaired) electrons. The number of halogens is 1. The molecule has 1 aromatic carbocycles. The van der Waals surface area contributed by atoms with Crippen LogP contribution >= 0.6 is 0 Å². The zero-order chi connectivity index (χ0) is 26.3. The second kappa shape index (κ2) is 9.42. The molecular weight excluding hydrogens is 473 g/mol. The highest BCUT2D eigenvalue weighted by Gasteiger charge is 2.28. The maximum Gasteiger partial charge on any atom is 0.255 e. The largest absolute Gasteiger partial charge is 0.368 e. The predicted molar refractivity (Wildman–Crippen MR) is 140 cm³/mol. The van der Waals surface area contributed by atoms with Gasteiger partial charge in [0.15, 0.2) is 5.82 Å². The zero-order valence-electron chi connectivity index (χ0n) is 21.6. The summed E-state index contributed by atoms with van der Waals surface area (Å²) in [4.78, 5) is 30.1. The van der Waals surface area contributed by atoms with Crippen molar-refractivity contribution < 1.29 is 8.91 Å². The maximum absolute atomic E-state index is 14.3. The van der Waals surface area contributed by atoms with Crippen LogP contribution in [0.3, 0.4) is 0 Å². The Morgan fingerprint density at radius 1 is 1.08 bits per heavy atom. The van der Waals surface area contributed by atoms with Gasteiger partial charge in [0.05, 0.1) is 11.9 Å². The topological polar surface area (TPSA) is 93.2 Å². The normalized spacial score (nSPS) is 16.3. The van der Waals surface area contributed by atoms with E-state index in [1.165, 1.54) is 22.9 Å². The van der Waals surface area contributed by atoms with Crippen LogP contribution in [-0.2, 0) is 12.5 Å². The summed E-state index contributed by atoms with van der Waals surface area (Å²) in [5.74, 6) is 1.20. The number of hydrogen-bond donors (Lipinski definition) is 0. The quantitative estimate of drug-likeness (QED) is 0.412. The molecule has 1 saturated heterocycles. The van der Waals surface area contributed by atoms with Crippen LogP contribution < -0.4 is 15.4 Å². The summed E-state index contributed by atoms with van der Waals surface area (Å²) in [6.45, 7) is 10.3. The lowest BCUT2D eigenvalue weighted by Gasteiger charge is -2.42. The van der Waals surface area contributed by atoms with E-state index in [9.17, 15) is 9.18 Å². The van der Waals surface area contributed by atoms with Gasteiger partial charge in [0.2, 0.25) is 17.7 Å². The van der Waals surface area contributed by atoms with Crippen molar-refractivity contribution in [1.29, 1.82) is 0 Å². The van der Waals surface area contributed by atoms with Crippen LogP contribution in [-0.4, -0.2) is 50.4 Å². The highest BCUT2D eigenvalue weighted by atomic mass is 19.1. The lowest BCUT2D eigenvalue weighted by atomic mass is 9.97. The number of benzene rings is 1. The third kappa shape index (κ3) is 4.83. The van der Waals surface area contributed by atoms with E-state index in [1.807, 2.05) is 32.9 Å². The average molecular weight is 504 g/mol. The summed E-state index contributed by atoms with van der Waals surface area (Å²) < 4.78 is 21.3. The predicted octanol–water partition coefficient (Wildman–Crippen LogP) is 4.04. The number of aromatic nitrogens is 5. The Morgan fingerprint density at radius 3 is 2.49 bits per heavy atom. The van der Waals surface area contributed by atoms with E-state index in [4.69, 9.17) is 4.52 Å². The summed E-state index contributed by atoms with van der Waals surface area (Å²) in [5, 5.41) is 4.13. The highest BCUT2D eigenvalue weighted by Crippen LogP contribution is 2.28. The van der Waals surface area contributed by atoms with Crippen LogP contribution in [0.1, 0.15) is 33.6 Å². The van der Waals surface area contributed by atoms with Crippen molar-refractivity contribution in [3.8, 4) is 22.6 Å². The molecule has 192 valence electrons. The Balaban J connectivity index is 1.34. The van der Waals surface area contributed by atoms with Crippen LogP contribution in [0.2, 0.25) is 0 Å². The molecule has 37 heavy (non-hydrogen) atoms. The first kappa shape index (κ1) is 24.6. The van der Waals surface area contributed by atoms with Gasteiger partial charge in [0, 0.05) is 67.2 Å². The third-order valence-corrected chi connectivity index (χ3v) is 6.60. The van der Waals surface area contributed by atoms with E-state index in [1.54, 1.807) is 7.05 Å². The van der Waals surface area contributed by atoms with Gasteiger partial charge in [-0.25, -0.2) is 9.37 Å². The van der Waals surface area contributed by atoms with Crippen LogP contribution in [0.5, 0.6) is 0 Å². The molecule has 4 heterocycles. The number of nitrogens with zero attached hydrogens (tertiary/aromatic N) is 7. The fourth-order valence-electron chi connectivity index (χ4n) is 4.46. The van der Waals surface area contributed by atoms with Gasteiger partial charge in [-0.15, -0.1) is 0 Å². The van der Waals surface area contributed by atoms with Gasteiger partial charge >= 0.3 is 0 Å². The van der Waals surface area contributed by atoms with Gasteiger partial charge in [-0.3, -0.25) is 14.3 Å². The van der Waals surface area contributed by atoms with Crippen molar-refractivity contribution in [2.45, 2.75) is 39.2 Å². The van der Waals surface area contributed by atoms with Crippen LogP contribution in [0, 0.1) is 5.82 Å². The van der Waals surface area contributed by atoms with Crippen molar-refractivity contribution in [2.24, 2.45) is 7.05 Å². The monoisotopic (exact) mass is 503 g/mol. The van der Waals surface area contributed by atoms with Crippen molar-refractivity contribution in [1.82, 2.24) is 24.7 Å². The summed E-state index contributed by atoms with van der Waals surface area (Å²) in [6.07, 6.45) is 2.62. The standard InChI is InChI=1S/C27H30FN7O2/c1-17-16-34(19-8-6-18(7-9-19)24-31-25(37-32-24)27(2,3)4)12-13-35(17)26-30-22(14-23(36)33(26)5)20-10-11-29-15-21(20)28/h6-11,14-15,17H,12-13,16H2,1-5H3/t17-/m1/s1. The molecule has 10 heteroatoms. The smallest absolute Gasteiger partial charge is 0.255 e. The number of anilines is 2. The van der Waals surface area contributed by atoms with Crippen molar-refractivity contribution in [2.75, 3.05) is 29.4 Å². The second-order valence-electron chi connectivity index (χ2n) is 10.4. The zero-order valence-corrected chi connectivity index (χ0v) is 21.6. The molecule has 0 bridgehead atoms. The number of rotatable bonds is 4. The molecule has 5 rings (SSSR count). The minimum Gasteiger partial charge on any atom is -0.368 e. The first-order chi connectivity index (χ1) is 17.6. The summed E-state index contributed by atoms with van der Waals surface area (Å²) in [5.41, 5.74) is 2.11. The van der Waals surface area contributed by atoms with E-state index in [2.05, 4.69) is 49.0 Å². The highest BCUT2D eigenvalue weighted by molar-refractivity contribution is 5.62. The first-order valence-corrected chi connectivity index (χ1v) is 12.3. The average Bonchev–Trinajstić information content (AvgIpc) is 3.38. The third-order valence-electron chi connectivity index (χ3n) is 6.60. The molecule has 1 fully saturated rings. The molecule has 1 aliphatic heterocycles. The molecule has 0 amide bonds. The molecule has 3 aromatic heterocycles. The molecule has 0 aliphatic carbocycles. The molecule has 4 aromatic rings. The molecule has 0 unspecified atom stereocenters. The lowest BCUT2D eigenvalue weighted by molar-refractivity contribution is 0.321. The van der Waals surface area contributed by atoms with Crippen molar-refractivity contribution >= 4 is 11.6 Å². The first-order valence-electron chi connectivity index (χ1n) is 12.3. The summed E-state index contributed by atoms with van der Waals surface area (Å²) in [7, 11) is 1.69. The molecule has 1 aliphatic rings. The molecule has 0 spiro atoms. The van der Waals surface area contributed by atoms with Gasteiger partial charge in [-0.05, 0) is 37.3 Å². The Kier molecular flexibility index (Phi) is 6.26. The minimum absolute atomic E-state index is 0.0654. The fraction of sp³-hybridized carbons (Fsp3) is 0.370. The Bertz CT molecular complexity index is 1470. The number of pyridine rings is 1. The van der Waals surface area contributed by atoms with Crippen molar-refractivity contribution in [3.05, 3.63) is 70.9 Å². The Morgan fingerprint density at radius 2 is 1.84 bits per heavy atom. The van der Waals surface area contributed by atoms with Crippen molar-refractivity contribution in [3.63, 3.8) is 0 Å². The van der Waals surface area contributed by atoms with E-state index in [0.717, 1.165) is 30.5 Å². The van der Waals surface area contributed by atoms with E-state index in [-0.39, 0.29) is 22.6 Å². The van der Waals surface area contributed by atoms with Gasteiger partial charge in [-0.2, -0.15) is 4.98 Å². The Hall–Kier alpha value is -4.08. The second-order valence-corrected chi connectivity index (χ2v) is 10.4. The van der Waals surface area contributed by atoms with Crippen LogP contribution in [0.4, 0.5) is 16.0 Å². The van der Waals surface area contributed by atoms with Gasteiger partial charge in [-0.1, -0.05) is 25.9 Å². The maximum atomic E-state index is 14.3. The number of hydrogen-bond acceptors (Lipinski definition) is 8. The van der Waals surface area contributed by atoms with Gasteiger partial charge in [0.25, 0.3) is 5.56 Å². The summed E-state index contributed by atoms with van der Waals surface area (Å²) in [6, 6.07) is 11.1. The van der Waals surface area contributed by atoms with Crippen LogP contribution in [0.25, 0.3) is 22.6 Å². The SMILES string of the molecule is C[C@@H]1CN(c2ccc(-c3noc(C(C)(C)C)n3)cc2)CCN1c1nc(-c2ccncc2F)cc(=O)n1C. The molecule has 0 saturated carbocycles. The lowest BCUT2D eigenvalue weighted by Crippen LogP contribution is -2.53. The molecular formula is C27H30FN7O2.